The van der Waals surface area contributed by atoms with E-state index in [-0.39, 0.29) is 43.1 Å². The van der Waals surface area contributed by atoms with Crippen LogP contribution < -0.4 is 0 Å². The summed E-state index contributed by atoms with van der Waals surface area (Å²) in [4.78, 5) is 34.3. The van der Waals surface area contributed by atoms with Gasteiger partial charge in [-0.2, -0.15) is 0 Å². The van der Waals surface area contributed by atoms with Crippen LogP contribution in [0.3, 0.4) is 0 Å². The Morgan fingerprint density at radius 2 is 1.65 bits per heavy atom. The molecule has 3 aliphatic rings. The number of Topliss-reactive ketones (excluding diaryl/α,β-unsaturated/α-hetero) is 1. The maximum absolute atomic E-state index is 14.1. The number of nitrogens with zero attached hydrogens (tertiary/aromatic N) is 3. The van der Waals surface area contributed by atoms with E-state index in [4.69, 9.17) is 18.9 Å². The van der Waals surface area contributed by atoms with Gasteiger partial charge in [-0.25, -0.2) is 0 Å². The van der Waals surface area contributed by atoms with Gasteiger partial charge >= 0.3 is 5.97 Å². The lowest BCUT2D eigenvalue weighted by atomic mass is 9.69. The zero-order valence-corrected chi connectivity index (χ0v) is 29.0. The number of carbonyl (C=O) groups excluding carboxylic acids is 2. The van der Waals surface area contributed by atoms with Gasteiger partial charge in [-0.3, -0.25) is 14.5 Å². The smallest absolute Gasteiger partial charge is 0.319 e. The molecular weight excluding hydrogens is 550 g/mol. The highest BCUT2D eigenvalue weighted by atomic mass is 16.7. The number of ether oxygens (including phenoxy) is 4. The molecular formula is C33H61N3O7. The molecule has 2 heterocycles. The molecule has 250 valence electrons. The Kier molecular flexibility index (Phi) is 12.3. The predicted molar refractivity (Wildman–Crippen MR) is 167 cm³/mol. The van der Waals surface area contributed by atoms with Crippen molar-refractivity contribution in [3.05, 3.63) is 0 Å². The van der Waals surface area contributed by atoms with Gasteiger partial charge in [-0.1, -0.05) is 13.8 Å². The molecule has 0 aromatic carbocycles. The number of aliphatic hydroxyl groups excluding tert-OH is 1. The van der Waals surface area contributed by atoms with E-state index in [9.17, 15) is 14.7 Å². The molecule has 10 nitrogen and oxygen atoms in total. The first-order chi connectivity index (χ1) is 19.9. The summed E-state index contributed by atoms with van der Waals surface area (Å²) in [6.07, 6.45) is 1.75. The van der Waals surface area contributed by atoms with Gasteiger partial charge in [0.15, 0.2) is 12.1 Å². The second-order valence-electron chi connectivity index (χ2n) is 15.1. The van der Waals surface area contributed by atoms with Crippen LogP contribution in [0.2, 0.25) is 0 Å². The van der Waals surface area contributed by atoms with E-state index in [0.29, 0.717) is 24.8 Å². The summed E-state index contributed by atoms with van der Waals surface area (Å²) in [7, 11) is 11.9. The second-order valence-corrected chi connectivity index (χ2v) is 15.1. The van der Waals surface area contributed by atoms with Gasteiger partial charge in [0.25, 0.3) is 0 Å². The number of methoxy groups -OCH3 is 1. The van der Waals surface area contributed by atoms with Crippen molar-refractivity contribution in [2.75, 3.05) is 62.1 Å². The number of ketones is 1. The third-order valence-corrected chi connectivity index (χ3v) is 10.8. The topological polar surface area (TPSA) is 101 Å². The van der Waals surface area contributed by atoms with E-state index in [1.165, 1.54) is 0 Å². The Morgan fingerprint density at radius 1 is 1.02 bits per heavy atom. The normalized spacial score (nSPS) is 42.1. The number of hydrogen-bond donors (Lipinski definition) is 1. The SMILES string of the molecule is CO[C@]1(C)C[C@@H](C)CN(C)[C@H]([C@H]2C[C@@H](N(C)C)C2)COC(=O)C(C)(C)C(=O)[C@H](C)[C@H]1CO[C@@H]1O[C@H](C)C[C@H](N(C)C)[C@H]1O. The summed E-state index contributed by atoms with van der Waals surface area (Å²) in [5.74, 6) is -1.03. The van der Waals surface area contributed by atoms with Crippen LogP contribution in [0.25, 0.3) is 0 Å². The molecule has 0 amide bonds. The average molecular weight is 612 g/mol. The molecule has 2 aliphatic heterocycles. The molecule has 2 saturated heterocycles. The van der Waals surface area contributed by atoms with Crippen molar-refractivity contribution in [2.24, 2.45) is 29.1 Å². The Balaban J connectivity index is 1.90. The lowest BCUT2D eigenvalue weighted by molar-refractivity contribution is -0.263. The molecule has 43 heavy (non-hydrogen) atoms. The molecule has 0 unspecified atom stereocenters. The minimum absolute atomic E-state index is 0.0798. The molecule has 3 fully saturated rings. The first-order valence-corrected chi connectivity index (χ1v) is 16.2. The Labute approximate surface area is 260 Å². The first kappa shape index (κ1) is 36.3. The van der Waals surface area contributed by atoms with Crippen molar-refractivity contribution in [1.29, 1.82) is 0 Å². The van der Waals surface area contributed by atoms with Crippen molar-refractivity contribution in [3.8, 4) is 0 Å². The van der Waals surface area contributed by atoms with Crippen LogP contribution in [0, 0.1) is 29.1 Å². The third-order valence-electron chi connectivity index (χ3n) is 10.8. The number of carbonyl (C=O) groups is 2. The number of likely N-dealkylation sites (N-methyl/N-ethyl adjacent to an activating group) is 2. The van der Waals surface area contributed by atoms with Crippen molar-refractivity contribution in [2.45, 2.75) is 109 Å². The van der Waals surface area contributed by atoms with E-state index in [1.807, 2.05) is 39.8 Å². The lowest BCUT2D eigenvalue weighted by Crippen LogP contribution is -2.55. The molecule has 0 spiro atoms. The zero-order valence-electron chi connectivity index (χ0n) is 29.0. The third kappa shape index (κ3) is 8.18. The van der Waals surface area contributed by atoms with Crippen molar-refractivity contribution in [3.63, 3.8) is 0 Å². The van der Waals surface area contributed by atoms with Crippen LogP contribution in [-0.4, -0.2) is 136 Å². The van der Waals surface area contributed by atoms with Crippen LogP contribution in [0.15, 0.2) is 0 Å². The Morgan fingerprint density at radius 3 is 2.21 bits per heavy atom. The van der Waals surface area contributed by atoms with E-state index >= 15 is 0 Å². The lowest BCUT2D eigenvalue weighted by Gasteiger charge is -2.47. The van der Waals surface area contributed by atoms with Crippen LogP contribution >= 0.6 is 0 Å². The van der Waals surface area contributed by atoms with Crippen molar-refractivity contribution >= 4 is 11.8 Å². The van der Waals surface area contributed by atoms with E-state index < -0.39 is 41.2 Å². The highest BCUT2D eigenvalue weighted by Gasteiger charge is 2.50. The Bertz CT molecular complexity index is 939. The molecule has 1 aliphatic carbocycles. The van der Waals surface area contributed by atoms with Gasteiger partial charge in [0.1, 0.15) is 18.1 Å². The van der Waals surface area contributed by atoms with Gasteiger partial charge in [-0.15, -0.1) is 0 Å². The largest absolute Gasteiger partial charge is 0.463 e. The summed E-state index contributed by atoms with van der Waals surface area (Å²) in [6.45, 7) is 12.6. The van der Waals surface area contributed by atoms with Crippen LogP contribution in [0.1, 0.15) is 67.2 Å². The van der Waals surface area contributed by atoms with Crippen LogP contribution in [0.5, 0.6) is 0 Å². The monoisotopic (exact) mass is 611 g/mol. The van der Waals surface area contributed by atoms with E-state index in [1.54, 1.807) is 21.0 Å². The van der Waals surface area contributed by atoms with Gasteiger partial charge in [0, 0.05) is 43.6 Å². The second kappa shape index (κ2) is 14.5. The molecule has 10 heteroatoms. The molecule has 1 saturated carbocycles. The maximum atomic E-state index is 14.1. The van der Waals surface area contributed by atoms with E-state index in [2.05, 4.69) is 37.9 Å². The van der Waals surface area contributed by atoms with Gasteiger partial charge in [0.05, 0.1) is 18.3 Å². The molecule has 0 radical (unpaired) electrons. The van der Waals surface area contributed by atoms with Crippen LogP contribution in [-0.2, 0) is 28.5 Å². The summed E-state index contributed by atoms with van der Waals surface area (Å²) >= 11 is 0. The standard InChI is InChI=1S/C33H61N3O7/c1-20-16-33(6,40-12)25(18-41-30-28(37)26(35(9)10)13-21(2)43-30)22(3)29(38)32(4,5)31(39)42-19-27(36(11)17-20)23-14-24(15-23)34(7)8/h20-28,30,37H,13-19H2,1-12H3/t20-,21-,22-,23-,24+,25-,26+,27+,28-,30-,33-/m1/s1. The fourth-order valence-electron chi connectivity index (χ4n) is 7.68. The summed E-state index contributed by atoms with van der Waals surface area (Å²) < 4.78 is 24.6. The highest BCUT2D eigenvalue weighted by molar-refractivity contribution is 6.04. The summed E-state index contributed by atoms with van der Waals surface area (Å²) in [5, 5.41) is 11.1. The molecule has 0 bridgehead atoms. The van der Waals surface area contributed by atoms with Gasteiger partial charge in [0.2, 0.25) is 0 Å². The maximum Gasteiger partial charge on any atom is 0.319 e. The fraction of sp³-hybridized carbons (Fsp3) is 0.939. The predicted octanol–water partition coefficient (Wildman–Crippen LogP) is 2.91. The minimum Gasteiger partial charge on any atom is -0.463 e. The number of rotatable bonds is 7. The number of aliphatic hydroxyl groups is 1. The van der Waals surface area contributed by atoms with Gasteiger partial charge < -0.3 is 33.9 Å². The minimum atomic E-state index is -1.34. The molecule has 3 rings (SSSR count). The summed E-state index contributed by atoms with van der Waals surface area (Å²) in [5.41, 5.74) is -2.08. The number of cyclic esters (lactones) is 1. The zero-order chi connectivity index (χ0) is 32.4. The van der Waals surface area contributed by atoms with E-state index in [0.717, 1.165) is 19.4 Å². The Hall–Kier alpha value is -1.14. The number of esters is 1. The fourth-order valence-corrected chi connectivity index (χ4v) is 7.68. The molecule has 1 N–H and O–H groups in total. The van der Waals surface area contributed by atoms with Crippen LogP contribution in [0.4, 0.5) is 0 Å². The quantitative estimate of drug-likeness (QED) is 0.342. The molecule has 9 atom stereocenters. The molecule has 0 aromatic rings. The average Bonchev–Trinajstić information content (AvgIpc) is 2.89. The first-order valence-electron chi connectivity index (χ1n) is 16.2. The molecule has 0 aromatic heterocycles. The summed E-state index contributed by atoms with van der Waals surface area (Å²) in [6, 6.07) is 0.508. The van der Waals surface area contributed by atoms with Crippen molar-refractivity contribution in [1.82, 2.24) is 14.7 Å². The highest BCUT2D eigenvalue weighted by Crippen LogP contribution is 2.41. The van der Waals surface area contributed by atoms with Gasteiger partial charge in [-0.05, 0) is 100 Å². The van der Waals surface area contributed by atoms with Crippen molar-refractivity contribution < 1.29 is 33.6 Å². The number of hydrogen-bond acceptors (Lipinski definition) is 10.